The van der Waals surface area contributed by atoms with Crippen molar-refractivity contribution >= 4 is 40.0 Å². The summed E-state index contributed by atoms with van der Waals surface area (Å²) in [6.45, 7) is 4.00. The van der Waals surface area contributed by atoms with Crippen LogP contribution in [0.15, 0.2) is 52.1 Å². The van der Waals surface area contributed by atoms with Crippen LogP contribution in [0.25, 0.3) is 16.6 Å². The van der Waals surface area contributed by atoms with Crippen LogP contribution in [0.1, 0.15) is 18.3 Å². The summed E-state index contributed by atoms with van der Waals surface area (Å²) in [7, 11) is 0. The summed E-state index contributed by atoms with van der Waals surface area (Å²) >= 11 is 1.36. The summed E-state index contributed by atoms with van der Waals surface area (Å²) in [5.41, 5.74) is 4.68. The van der Waals surface area contributed by atoms with Crippen molar-refractivity contribution in [3.05, 3.63) is 54.0 Å². The minimum atomic E-state index is -0.0741. The highest BCUT2D eigenvalue weighted by Gasteiger charge is 2.14. The lowest BCUT2D eigenvalue weighted by molar-refractivity contribution is -0.113. The number of amides is 1. The molecule has 0 saturated carbocycles. The number of hydrogen-bond acceptors (Lipinski definition) is 5. The van der Waals surface area contributed by atoms with E-state index in [0.29, 0.717) is 5.03 Å². The molecule has 0 fully saturated rings. The summed E-state index contributed by atoms with van der Waals surface area (Å²) in [5.74, 6) is 0.964. The molecular formula is C19H18N4O2S. The SMILES string of the molecule is CCc1ccc(NC(=O)CSc2nnc(C)n3c2cc2occc23)cc1. The Morgan fingerprint density at radius 1 is 1.19 bits per heavy atom. The van der Waals surface area contributed by atoms with Crippen molar-refractivity contribution in [3.8, 4) is 0 Å². The zero-order chi connectivity index (χ0) is 18.1. The number of thioether (sulfide) groups is 1. The average Bonchev–Trinajstić information content (AvgIpc) is 3.23. The van der Waals surface area contributed by atoms with E-state index in [4.69, 9.17) is 4.42 Å². The number of furan rings is 1. The van der Waals surface area contributed by atoms with Gasteiger partial charge in [0, 0.05) is 17.8 Å². The molecular weight excluding hydrogens is 348 g/mol. The van der Waals surface area contributed by atoms with E-state index in [1.807, 2.05) is 47.7 Å². The molecule has 26 heavy (non-hydrogen) atoms. The minimum absolute atomic E-state index is 0.0741. The van der Waals surface area contributed by atoms with Crippen LogP contribution in [0.2, 0.25) is 0 Å². The summed E-state index contributed by atoms with van der Waals surface area (Å²) in [6, 6.07) is 11.7. The largest absolute Gasteiger partial charge is 0.463 e. The molecule has 0 saturated heterocycles. The van der Waals surface area contributed by atoms with Crippen LogP contribution in [0.5, 0.6) is 0 Å². The van der Waals surface area contributed by atoms with Crippen LogP contribution in [0.4, 0.5) is 5.69 Å². The van der Waals surface area contributed by atoms with Crippen molar-refractivity contribution in [3.63, 3.8) is 0 Å². The second kappa shape index (κ2) is 6.84. The zero-order valence-electron chi connectivity index (χ0n) is 14.5. The maximum absolute atomic E-state index is 12.3. The van der Waals surface area contributed by atoms with Crippen LogP contribution in [0, 0.1) is 6.92 Å². The Balaban J connectivity index is 1.50. The molecule has 4 aromatic rings. The Kier molecular flexibility index (Phi) is 4.38. The first-order valence-electron chi connectivity index (χ1n) is 8.39. The number of anilines is 1. The predicted octanol–water partition coefficient (Wildman–Crippen LogP) is 4.08. The first-order valence-corrected chi connectivity index (χ1v) is 9.38. The molecule has 0 bridgehead atoms. The average molecular weight is 366 g/mol. The molecule has 7 heteroatoms. The Labute approximate surface area is 154 Å². The van der Waals surface area contributed by atoms with Gasteiger partial charge in [-0.1, -0.05) is 30.8 Å². The lowest BCUT2D eigenvalue weighted by atomic mass is 10.1. The standard InChI is InChI=1S/C19H18N4O2S/c1-3-13-4-6-14(7-5-13)20-18(24)11-26-19-16-10-17-15(8-9-25-17)23(16)12(2)21-22-19/h4-10H,3,11H2,1-2H3,(H,20,24). The van der Waals surface area contributed by atoms with E-state index in [0.717, 1.165) is 34.5 Å². The maximum atomic E-state index is 12.3. The highest BCUT2D eigenvalue weighted by atomic mass is 32.2. The Bertz CT molecular complexity index is 1080. The number of benzene rings is 1. The third-order valence-electron chi connectivity index (χ3n) is 4.24. The van der Waals surface area contributed by atoms with E-state index in [2.05, 4.69) is 22.4 Å². The molecule has 132 valence electrons. The van der Waals surface area contributed by atoms with Gasteiger partial charge in [-0.2, -0.15) is 0 Å². The van der Waals surface area contributed by atoms with Gasteiger partial charge in [-0.15, -0.1) is 10.2 Å². The third-order valence-corrected chi connectivity index (χ3v) is 5.21. The van der Waals surface area contributed by atoms with Gasteiger partial charge in [-0.05, 0) is 31.0 Å². The molecule has 0 aliphatic carbocycles. The topological polar surface area (TPSA) is 72.4 Å². The Morgan fingerprint density at radius 2 is 2.00 bits per heavy atom. The highest BCUT2D eigenvalue weighted by Crippen LogP contribution is 2.28. The van der Waals surface area contributed by atoms with E-state index in [1.165, 1.54) is 17.3 Å². The van der Waals surface area contributed by atoms with Gasteiger partial charge >= 0.3 is 0 Å². The number of carbonyl (C=O) groups is 1. The van der Waals surface area contributed by atoms with Crippen LogP contribution < -0.4 is 5.32 Å². The number of aromatic nitrogens is 3. The van der Waals surface area contributed by atoms with E-state index < -0.39 is 0 Å². The van der Waals surface area contributed by atoms with Gasteiger partial charge in [-0.25, -0.2) is 0 Å². The second-order valence-electron chi connectivity index (χ2n) is 5.97. The van der Waals surface area contributed by atoms with Crippen molar-refractivity contribution in [1.29, 1.82) is 0 Å². The van der Waals surface area contributed by atoms with E-state index in [-0.39, 0.29) is 11.7 Å². The van der Waals surface area contributed by atoms with Crippen molar-refractivity contribution in [2.24, 2.45) is 0 Å². The summed E-state index contributed by atoms with van der Waals surface area (Å²) in [6.07, 6.45) is 2.63. The van der Waals surface area contributed by atoms with Gasteiger partial charge in [0.2, 0.25) is 5.91 Å². The fourth-order valence-corrected chi connectivity index (χ4v) is 3.64. The van der Waals surface area contributed by atoms with Gasteiger partial charge in [0.1, 0.15) is 10.9 Å². The second-order valence-corrected chi connectivity index (χ2v) is 6.94. The van der Waals surface area contributed by atoms with E-state index in [9.17, 15) is 4.79 Å². The third kappa shape index (κ3) is 3.06. The maximum Gasteiger partial charge on any atom is 0.234 e. The van der Waals surface area contributed by atoms with Gasteiger partial charge < -0.3 is 9.73 Å². The smallest absolute Gasteiger partial charge is 0.234 e. The Morgan fingerprint density at radius 3 is 2.77 bits per heavy atom. The van der Waals surface area contributed by atoms with Crippen LogP contribution in [-0.2, 0) is 11.2 Å². The van der Waals surface area contributed by atoms with Gasteiger partial charge in [0.15, 0.2) is 5.58 Å². The quantitative estimate of drug-likeness (QED) is 0.539. The van der Waals surface area contributed by atoms with Gasteiger partial charge in [-0.3, -0.25) is 9.20 Å². The summed E-state index contributed by atoms with van der Waals surface area (Å²) < 4.78 is 7.47. The zero-order valence-corrected chi connectivity index (χ0v) is 15.3. The monoisotopic (exact) mass is 366 g/mol. The summed E-state index contributed by atoms with van der Waals surface area (Å²) in [4.78, 5) is 12.3. The van der Waals surface area contributed by atoms with Crippen molar-refractivity contribution in [1.82, 2.24) is 14.6 Å². The molecule has 4 rings (SSSR count). The highest BCUT2D eigenvalue weighted by molar-refractivity contribution is 8.00. The van der Waals surface area contributed by atoms with E-state index >= 15 is 0 Å². The molecule has 0 aliphatic rings. The molecule has 3 heterocycles. The van der Waals surface area contributed by atoms with Crippen LogP contribution >= 0.6 is 11.8 Å². The molecule has 0 radical (unpaired) electrons. The molecule has 0 spiro atoms. The number of nitrogens with one attached hydrogen (secondary N) is 1. The van der Waals surface area contributed by atoms with E-state index in [1.54, 1.807) is 6.26 Å². The molecule has 1 amide bonds. The molecule has 0 unspecified atom stereocenters. The fourth-order valence-electron chi connectivity index (χ4n) is 2.90. The number of fused-ring (bicyclic) bond motifs is 3. The van der Waals surface area contributed by atoms with Crippen molar-refractivity contribution in [2.75, 3.05) is 11.1 Å². The molecule has 1 N–H and O–H groups in total. The first kappa shape index (κ1) is 16.7. The number of hydrogen-bond donors (Lipinski definition) is 1. The van der Waals surface area contributed by atoms with Crippen LogP contribution in [-0.4, -0.2) is 26.3 Å². The summed E-state index contributed by atoms with van der Waals surface area (Å²) in [5, 5.41) is 12.1. The predicted molar refractivity (Wildman–Crippen MR) is 103 cm³/mol. The van der Waals surface area contributed by atoms with Crippen molar-refractivity contribution < 1.29 is 9.21 Å². The van der Waals surface area contributed by atoms with Crippen LogP contribution in [0.3, 0.4) is 0 Å². The lowest BCUT2D eigenvalue weighted by Crippen LogP contribution is -2.14. The number of aryl methyl sites for hydroxylation is 2. The number of rotatable bonds is 5. The minimum Gasteiger partial charge on any atom is -0.463 e. The van der Waals surface area contributed by atoms with Gasteiger partial charge in [0.05, 0.1) is 23.0 Å². The first-order chi connectivity index (χ1) is 12.7. The normalized spacial score (nSPS) is 11.3. The molecule has 3 aromatic heterocycles. The number of nitrogens with zero attached hydrogens (tertiary/aromatic N) is 3. The molecule has 0 aliphatic heterocycles. The molecule has 0 atom stereocenters. The molecule has 6 nitrogen and oxygen atoms in total. The van der Waals surface area contributed by atoms with Crippen molar-refractivity contribution in [2.45, 2.75) is 25.3 Å². The van der Waals surface area contributed by atoms with Gasteiger partial charge in [0.25, 0.3) is 0 Å². The fraction of sp³-hybridized carbons (Fsp3) is 0.211. The molecule has 1 aromatic carbocycles. The Hall–Kier alpha value is -2.80. The number of carbonyl (C=O) groups excluding carboxylic acids is 1. The lowest BCUT2D eigenvalue weighted by Gasteiger charge is -2.07.